The minimum Gasteiger partial charge on any atom is -0.288 e. The normalized spacial score (nSPS) is 10.8. The predicted molar refractivity (Wildman–Crippen MR) is 71.8 cm³/mol. The maximum absolute atomic E-state index is 11.8. The Morgan fingerprint density at radius 3 is 2.56 bits per heavy atom. The molecule has 3 heteroatoms. The number of rotatable bonds is 3. The molecule has 0 N–H and O–H groups in total. The van der Waals surface area contributed by atoms with E-state index < -0.39 is 0 Å². The number of benzene rings is 1. The molecule has 0 fully saturated rings. The fourth-order valence-corrected chi connectivity index (χ4v) is 2.77. The van der Waals surface area contributed by atoms with Crippen LogP contribution < -0.4 is 0 Å². The molecule has 0 saturated heterocycles. The van der Waals surface area contributed by atoms with E-state index in [0.29, 0.717) is 0 Å². The first-order chi connectivity index (χ1) is 7.77. The molecule has 0 saturated carbocycles. The van der Waals surface area contributed by atoms with E-state index >= 15 is 0 Å². The van der Waals surface area contributed by atoms with Gasteiger partial charge in [-0.25, -0.2) is 0 Å². The summed E-state index contributed by atoms with van der Waals surface area (Å²) in [5.74, 6) is 0.0331. The molecule has 0 radical (unpaired) electrons. The SMILES string of the molecule is O=C(/C=C/c1ccccc1)c1sccc1Br. The van der Waals surface area contributed by atoms with Gasteiger partial charge in [0.15, 0.2) is 5.78 Å². The number of allylic oxidation sites excluding steroid dienone is 1. The van der Waals surface area contributed by atoms with Gasteiger partial charge >= 0.3 is 0 Å². The smallest absolute Gasteiger partial charge is 0.196 e. The number of carbonyl (C=O) groups excluding carboxylic acids is 1. The molecule has 0 amide bonds. The number of hydrogen-bond acceptors (Lipinski definition) is 2. The van der Waals surface area contributed by atoms with Crippen molar-refractivity contribution in [3.63, 3.8) is 0 Å². The van der Waals surface area contributed by atoms with E-state index in [0.717, 1.165) is 14.9 Å². The molecule has 0 atom stereocenters. The molecule has 16 heavy (non-hydrogen) atoms. The Morgan fingerprint density at radius 1 is 1.19 bits per heavy atom. The number of ketones is 1. The lowest BCUT2D eigenvalue weighted by Gasteiger charge is -1.92. The average Bonchev–Trinajstić information content (AvgIpc) is 2.74. The Labute approximate surface area is 107 Å². The van der Waals surface area contributed by atoms with E-state index in [9.17, 15) is 4.79 Å². The van der Waals surface area contributed by atoms with Gasteiger partial charge in [0.2, 0.25) is 0 Å². The van der Waals surface area contributed by atoms with Gasteiger partial charge in [0.1, 0.15) is 0 Å². The maximum atomic E-state index is 11.8. The van der Waals surface area contributed by atoms with Gasteiger partial charge in [-0.1, -0.05) is 36.4 Å². The number of hydrogen-bond donors (Lipinski definition) is 0. The topological polar surface area (TPSA) is 17.1 Å². The minimum atomic E-state index is 0.0331. The summed E-state index contributed by atoms with van der Waals surface area (Å²) in [5.41, 5.74) is 1.03. The van der Waals surface area contributed by atoms with Gasteiger partial charge < -0.3 is 0 Å². The highest BCUT2D eigenvalue weighted by atomic mass is 79.9. The number of halogens is 1. The van der Waals surface area contributed by atoms with Crippen LogP contribution in [0.15, 0.2) is 52.3 Å². The Kier molecular flexibility index (Phi) is 3.70. The first-order valence-electron chi connectivity index (χ1n) is 4.78. The van der Waals surface area contributed by atoms with E-state index in [1.807, 2.05) is 47.9 Å². The summed E-state index contributed by atoms with van der Waals surface area (Å²) in [7, 11) is 0. The highest BCUT2D eigenvalue weighted by Gasteiger charge is 2.07. The Bertz CT molecular complexity index is 514. The van der Waals surface area contributed by atoms with Crippen LogP contribution in [0.1, 0.15) is 15.2 Å². The summed E-state index contributed by atoms with van der Waals surface area (Å²) >= 11 is 4.79. The van der Waals surface area contributed by atoms with Gasteiger partial charge in [0.05, 0.1) is 4.88 Å². The second-order valence-corrected chi connectivity index (χ2v) is 4.98. The summed E-state index contributed by atoms with van der Waals surface area (Å²) in [6.45, 7) is 0. The summed E-state index contributed by atoms with van der Waals surface area (Å²) in [6.07, 6.45) is 3.43. The molecule has 0 bridgehead atoms. The fourth-order valence-electron chi connectivity index (χ4n) is 1.28. The van der Waals surface area contributed by atoms with Gasteiger partial charge in [0.25, 0.3) is 0 Å². The van der Waals surface area contributed by atoms with Gasteiger partial charge in [-0.3, -0.25) is 4.79 Å². The average molecular weight is 293 g/mol. The van der Waals surface area contributed by atoms with Crippen LogP contribution >= 0.6 is 27.3 Å². The molecule has 1 aromatic carbocycles. The highest BCUT2D eigenvalue weighted by Crippen LogP contribution is 2.23. The molecule has 0 spiro atoms. The van der Waals surface area contributed by atoms with Crippen molar-refractivity contribution in [2.75, 3.05) is 0 Å². The molecule has 1 aromatic heterocycles. The van der Waals surface area contributed by atoms with Crippen molar-refractivity contribution in [2.24, 2.45) is 0 Å². The lowest BCUT2D eigenvalue weighted by molar-refractivity contribution is 0.105. The van der Waals surface area contributed by atoms with Crippen molar-refractivity contribution in [1.82, 2.24) is 0 Å². The standard InChI is InChI=1S/C13H9BrOS/c14-11-8-9-16-13(11)12(15)7-6-10-4-2-1-3-5-10/h1-9H/b7-6+. The van der Waals surface area contributed by atoms with Crippen LogP contribution in [-0.2, 0) is 0 Å². The lowest BCUT2D eigenvalue weighted by atomic mass is 10.2. The molecular weight excluding hydrogens is 284 g/mol. The molecular formula is C13H9BrOS. The number of thiophene rings is 1. The predicted octanol–water partition coefficient (Wildman–Crippen LogP) is 4.41. The van der Waals surface area contributed by atoms with Crippen molar-refractivity contribution in [2.45, 2.75) is 0 Å². The molecule has 0 aliphatic heterocycles. The van der Waals surface area contributed by atoms with Crippen LogP contribution in [0.2, 0.25) is 0 Å². The van der Waals surface area contributed by atoms with E-state index in [-0.39, 0.29) is 5.78 Å². The Balaban J connectivity index is 2.15. The van der Waals surface area contributed by atoms with Gasteiger partial charge in [-0.15, -0.1) is 11.3 Å². The lowest BCUT2D eigenvalue weighted by Crippen LogP contribution is -1.90. The number of carbonyl (C=O) groups is 1. The third-order valence-corrected chi connectivity index (χ3v) is 3.92. The van der Waals surface area contributed by atoms with Crippen molar-refractivity contribution in [3.05, 3.63) is 62.8 Å². The summed E-state index contributed by atoms with van der Waals surface area (Å²) < 4.78 is 0.861. The first-order valence-corrected chi connectivity index (χ1v) is 6.45. The van der Waals surface area contributed by atoms with Crippen LogP contribution in [0.25, 0.3) is 6.08 Å². The van der Waals surface area contributed by atoms with E-state index in [2.05, 4.69) is 15.9 Å². The summed E-state index contributed by atoms with van der Waals surface area (Å²) in [4.78, 5) is 12.5. The van der Waals surface area contributed by atoms with Gasteiger partial charge in [-0.05, 0) is 39.0 Å². The zero-order valence-corrected chi connectivity index (χ0v) is 10.8. The molecule has 2 aromatic rings. The molecule has 0 aliphatic carbocycles. The van der Waals surface area contributed by atoms with E-state index in [4.69, 9.17) is 0 Å². The minimum absolute atomic E-state index is 0.0331. The second kappa shape index (κ2) is 5.23. The Morgan fingerprint density at radius 2 is 1.94 bits per heavy atom. The van der Waals surface area contributed by atoms with E-state index in [1.54, 1.807) is 6.08 Å². The first kappa shape index (κ1) is 11.3. The van der Waals surface area contributed by atoms with Crippen molar-refractivity contribution in [1.29, 1.82) is 0 Å². The molecule has 80 valence electrons. The van der Waals surface area contributed by atoms with Crippen LogP contribution in [0.5, 0.6) is 0 Å². The van der Waals surface area contributed by atoms with Crippen molar-refractivity contribution in [3.8, 4) is 0 Å². The van der Waals surface area contributed by atoms with Crippen molar-refractivity contribution < 1.29 is 4.79 Å². The Hall–Kier alpha value is -1.19. The second-order valence-electron chi connectivity index (χ2n) is 3.21. The van der Waals surface area contributed by atoms with Crippen LogP contribution in [-0.4, -0.2) is 5.78 Å². The molecule has 0 aliphatic rings. The van der Waals surface area contributed by atoms with Crippen molar-refractivity contribution >= 4 is 39.1 Å². The van der Waals surface area contributed by atoms with Crippen LogP contribution in [0.4, 0.5) is 0 Å². The van der Waals surface area contributed by atoms with E-state index in [1.165, 1.54) is 11.3 Å². The molecule has 1 heterocycles. The highest BCUT2D eigenvalue weighted by molar-refractivity contribution is 9.10. The van der Waals surface area contributed by atoms with Crippen LogP contribution in [0, 0.1) is 0 Å². The zero-order valence-electron chi connectivity index (χ0n) is 8.39. The fraction of sp³-hybridized carbons (Fsp3) is 0. The monoisotopic (exact) mass is 292 g/mol. The summed E-state index contributed by atoms with van der Waals surface area (Å²) in [6, 6.07) is 11.7. The zero-order chi connectivity index (χ0) is 11.4. The largest absolute Gasteiger partial charge is 0.288 e. The molecule has 1 nitrogen and oxygen atoms in total. The molecule has 0 unspecified atom stereocenters. The van der Waals surface area contributed by atoms with Gasteiger partial charge in [0, 0.05) is 4.47 Å². The maximum Gasteiger partial charge on any atom is 0.196 e. The van der Waals surface area contributed by atoms with Gasteiger partial charge in [-0.2, -0.15) is 0 Å². The molecule has 2 rings (SSSR count). The van der Waals surface area contributed by atoms with Crippen LogP contribution in [0.3, 0.4) is 0 Å². The summed E-state index contributed by atoms with van der Waals surface area (Å²) in [5, 5.41) is 1.90. The third kappa shape index (κ3) is 2.68. The quantitative estimate of drug-likeness (QED) is 0.605. The third-order valence-electron chi connectivity index (χ3n) is 2.07.